The Balaban J connectivity index is 1.67. The molecular formula is C19H20N6O. The Hall–Kier alpha value is -3.48. The van der Waals surface area contributed by atoms with Gasteiger partial charge in [-0.25, -0.2) is 0 Å². The summed E-state index contributed by atoms with van der Waals surface area (Å²) in [7, 11) is 0. The Morgan fingerprint density at radius 3 is 2.19 bits per heavy atom. The molecule has 3 aromatic rings. The molecule has 0 saturated heterocycles. The van der Waals surface area contributed by atoms with E-state index >= 15 is 0 Å². The molecule has 1 aromatic heterocycles. The van der Waals surface area contributed by atoms with Gasteiger partial charge in [-0.1, -0.05) is 19.1 Å². The first-order valence-corrected chi connectivity index (χ1v) is 8.33. The lowest BCUT2D eigenvalue weighted by Gasteiger charge is -2.09. The Bertz CT molecular complexity index is 877. The Morgan fingerprint density at radius 1 is 0.923 bits per heavy atom. The second kappa shape index (κ2) is 8.06. The lowest BCUT2D eigenvalue weighted by Crippen LogP contribution is -2.06. The number of aryl methyl sites for hydroxylation is 1. The van der Waals surface area contributed by atoms with E-state index in [9.17, 15) is 4.79 Å². The maximum atomic E-state index is 11.1. The molecule has 0 atom stereocenters. The van der Waals surface area contributed by atoms with Crippen LogP contribution in [0.25, 0.3) is 0 Å². The monoisotopic (exact) mass is 348 g/mol. The molecule has 26 heavy (non-hydrogen) atoms. The van der Waals surface area contributed by atoms with Crippen LogP contribution in [0.15, 0.2) is 54.7 Å². The first kappa shape index (κ1) is 17.3. The zero-order valence-electron chi connectivity index (χ0n) is 14.7. The van der Waals surface area contributed by atoms with E-state index in [2.05, 4.69) is 50.2 Å². The third kappa shape index (κ3) is 4.76. The molecule has 132 valence electrons. The van der Waals surface area contributed by atoms with Crippen molar-refractivity contribution in [1.82, 2.24) is 15.2 Å². The average molecular weight is 348 g/mol. The average Bonchev–Trinajstić information content (AvgIpc) is 2.64. The number of nitrogens with zero attached hydrogens (tertiary/aromatic N) is 3. The van der Waals surface area contributed by atoms with Crippen molar-refractivity contribution in [3.05, 3.63) is 60.3 Å². The molecule has 0 aliphatic carbocycles. The van der Waals surface area contributed by atoms with Gasteiger partial charge in [-0.3, -0.25) is 4.79 Å². The molecule has 1 heterocycles. The lowest BCUT2D eigenvalue weighted by molar-refractivity contribution is -0.114. The molecule has 0 fully saturated rings. The van der Waals surface area contributed by atoms with E-state index in [1.54, 1.807) is 18.3 Å². The fraction of sp³-hybridized carbons (Fsp3) is 0.158. The van der Waals surface area contributed by atoms with Crippen LogP contribution >= 0.6 is 0 Å². The summed E-state index contributed by atoms with van der Waals surface area (Å²) < 4.78 is 0. The minimum Gasteiger partial charge on any atom is -0.339 e. The molecule has 3 rings (SSSR count). The number of carbonyl (C=O) groups is 1. The van der Waals surface area contributed by atoms with Gasteiger partial charge in [0.1, 0.15) is 0 Å². The van der Waals surface area contributed by atoms with Gasteiger partial charge in [0.05, 0.1) is 6.20 Å². The van der Waals surface area contributed by atoms with Crippen LogP contribution in [-0.2, 0) is 11.2 Å². The number of aromatic nitrogens is 3. The largest absolute Gasteiger partial charge is 0.339 e. The van der Waals surface area contributed by atoms with E-state index in [0.717, 1.165) is 23.5 Å². The van der Waals surface area contributed by atoms with Crippen molar-refractivity contribution in [2.24, 2.45) is 0 Å². The van der Waals surface area contributed by atoms with Crippen LogP contribution < -0.4 is 16.0 Å². The van der Waals surface area contributed by atoms with Crippen LogP contribution in [0.2, 0.25) is 0 Å². The fourth-order valence-corrected chi connectivity index (χ4v) is 2.36. The molecule has 7 heteroatoms. The summed E-state index contributed by atoms with van der Waals surface area (Å²) in [4.78, 5) is 15.5. The van der Waals surface area contributed by atoms with Gasteiger partial charge in [0.15, 0.2) is 5.82 Å². The highest BCUT2D eigenvalue weighted by molar-refractivity contribution is 5.88. The van der Waals surface area contributed by atoms with Crippen LogP contribution in [0.1, 0.15) is 19.4 Å². The quantitative estimate of drug-likeness (QED) is 0.626. The second-order valence-electron chi connectivity index (χ2n) is 5.72. The van der Waals surface area contributed by atoms with E-state index in [0.29, 0.717) is 11.8 Å². The summed E-state index contributed by atoms with van der Waals surface area (Å²) in [6.45, 7) is 3.59. The molecule has 0 bridgehead atoms. The van der Waals surface area contributed by atoms with Crippen molar-refractivity contribution < 1.29 is 4.79 Å². The predicted octanol–water partition coefficient (Wildman–Crippen LogP) is 3.88. The van der Waals surface area contributed by atoms with Crippen LogP contribution in [-0.4, -0.2) is 21.1 Å². The van der Waals surface area contributed by atoms with E-state index in [4.69, 9.17) is 0 Å². The molecule has 0 spiro atoms. The van der Waals surface area contributed by atoms with Crippen LogP contribution in [0.3, 0.4) is 0 Å². The first-order valence-electron chi connectivity index (χ1n) is 8.33. The van der Waals surface area contributed by atoms with Gasteiger partial charge in [0, 0.05) is 24.0 Å². The number of nitrogens with one attached hydrogen (secondary N) is 3. The summed E-state index contributed by atoms with van der Waals surface area (Å²) in [5, 5.41) is 17.0. The Kier molecular flexibility index (Phi) is 5.38. The first-order chi connectivity index (χ1) is 12.6. The molecule has 0 saturated carbocycles. The zero-order valence-corrected chi connectivity index (χ0v) is 14.7. The van der Waals surface area contributed by atoms with E-state index in [1.165, 1.54) is 12.5 Å². The van der Waals surface area contributed by atoms with Crippen molar-refractivity contribution in [2.45, 2.75) is 20.3 Å². The van der Waals surface area contributed by atoms with E-state index < -0.39 is 0 Å². The third-order valence-electron chi connectivity index (χ3n) is 3.65. The number of benzene rings is 2. The van der Waals surface area contributed by atoms with Crippen molar-refractivity contribution in [2.75, 3.05) is 16.0 Å². The van der Waals surface area contributed by atoms with Crippen molar-refractivity contribution in [1.29, 1.82) is 0 Å². The lowest BCUT2D eigenvalue weighted by atomic mass is 10.1. The van der Waals surface area contributed by atoms with Gasteiger partial charge < -0.3 is 16.0 Å². The Labute approximate surface area is 151 Å². The highest BCUT2D eigenvalue weighted by atomic mass is 16.1. The number of amides is 1. The van der Waals surface area contributed by atoms with Crippen LogP contribution in [0, 0.1) is 0 Å². The third-order valence-corrected chi connectivity index (χ3v) is 3.65. The minimum atomic E-state index is -0.107. The molecule has 0 aliphatic heterocycles. The standard InChI is InChI=1S/C19H20N6O/c1-3-14-4-6-16(7-5-14)22-18-12-20-25-19(24-18)23-17-10-8-15(9-11-17)21-13(2)26/h4-12H,3H2,1-2H3,(H,21,26)(H2,22,23,24,25). The maximum absolute atomic E-state index is 11.1. The normalized spacial score (nSPS) is 10.2. The second-order valence-corrected chi connectivity index (χ2v) is 5.72. The number of anilines is 5. The molecule has 0 unspecified atom stereocenters. The topological polar surface area (TPSA) is 91.8 Å². The Morgan fingerprint density at radius 2 is 1.54 bits per heavy atom. The fourth-order valence-electron chi connectivity index (χ4n) is 2.36. The van der Waals surface area contributed by atoms with Crippen molar-refractivity contribution >= 4 is 34.7 Å². The summed E-state index contributed by atoms with van der Waals surface area (Å²) in [6.07, 6.45) is 2.57. The van der Waals surface area contributed by atoms with Gasteiger partial charge in [0.25, 0.3) is 0 Å². The van der Waals surface area contributed by atoms with Gasteiger partial charge in [0.2, 0.25) is 11.9 Å². The molecule has 0 aliphatic rings. The number of hydrogen-bond donors (Lipinski definition) is 3. The molecular weight excluding hydrogens is 328 g/mol. The summed E-state index contributed by atoms with van der Waals surface area (Å²) in [5.74, 6) is 0.873. The zero-order chi connectivity index (χ0) is 18.4. The SMILES string of the molecule is CCc1ccc(Nc2cnnc(Nc3ccc(NC(C)=O)cc3)n2)cc1. The molecule has 1 amide bonds. The van der Waals surface area contributed by atoms with Crippen LogP contribution in [0.4, 0.5) is 28.8 Å². The molecule has 0 radical (unpaired) electrons. The number of carbonyl (C=O) groups excluding carboxylic acids is 1. The van der Waals surface area contributed by atoms with E-state index in [1.807, 2.05) is 24.3 Å². The minimum absolute atomic E-state index is 0.107. The van der Waals surface area contributed by atoms with Gasteiger partial charge in [-0.05, 0) is 48.4 Å². The number of rotatable bonds is 6. The molecule has 7 nitrogen and oxygen atoms in total. The number of hydrogen-bond acceptors (Lipinski definition) is 6. The summed E-state index contributed by atoms with van der Waals surface area (Å²) in [5.41, 5.74) is 3.74. The van der Waals surface area contributed by atoms with E-state index in [-0.39, 0.29) is 5.91 Å². The maximum Gasteiger partial charge on any atom is 0.249 e. The molecule has 2 aromatic carbocycles. The van der Waals surface area contributed by atoms with Crippen molar-refractivity contribution in [3.8, 4) is 0 Å². The van der Waals surface area contributed by atoms with Crippen molar-refractivity contribution in [3.63, 3.8) is 0 Å². The highest BCUT2D eigenvalue weighted by Crippen LogP contribution is 2.19. The molecule has 3 N–H and O–H groups in total. The van der Waals surface area contributed by atoms with Gasteiger partial charge in [-0.2, -0.15) is 10.1 Å². The predicted molar refractivity (Wildman–Crippen MR) is 103 cm³/mol. The summed E-state index contributed by atoms with van der Waals surface area (Å²) in [6, 6.07) is 15.4. The smallest absolute Gasteiger partial charge is 0.249 e. The summed E-state index contributed by atoms with van der Waals surface area (Å²) >= 11 is 0. The van der Waals surface area contributed by atoms with Crippen LogP contribution in [0.5, 0.6) is 0 Å². The highest BCUT2D eigenvalue weighted by Gasteiger charge is 2.03. The van der Waals surface area contributed by atoms with Gasteiger partial charge >= 0.3 is 0 Å². The van der Waals surface area contributed by atoms with Gasteiger partial charge in [-0.15, -0.1) is 5.10 Å².